The van der Waals surface area contributed by atoms with Crippen molar-refractivity contribution in [1.82, 2.24) is 14.8 Å². The van der Waals surface area contributed by atoms with Crippen LogP contribution in [0.3, 0.4) is 0 Å². The van der Waals surface area contributed by atoms with Crippen LogP contribution in [-0.4, -0.2) is 26.4 Å². The molecule has 1 heterocycles. The van der Waals surface area contributed by atoms with E-state index in [2.05, 4.69) is 20.8 Å². The molecule has 0 aliphatic heterocycles. The van der Waals surface area contributed by atoms with E-state index in [1.165, 1.54) is 17.3 Å². The Morgan fingerprint density at radius 3 is 2.35 bits per heavy atom. The van der Waals surface area contributed by atoms with Crippen LogP contribution in [0.2, 0.25) is 10.0 Å². The minimum Gasteiger partial charge on any atom is -0.378 e. The molecule has 0 saturated heterocycles. The summed E-state index contributed by atoms with van der Waals surface area (Å²) in [5.41, 5.74) is 4.66. The highest BCUT2D eigenvalue weighted by Gasteiger charge is 2.16. The summed E-state index contributed by atoms with van der Waals surface area (Å²) in [6, 6.07) is 21.0. The van der Waals surface area contributed by atoms with Gasteiger partial charge >= 0.3 is 0 Å². The molecule has 0 spiro atoms. The molecule has 0 bridgehead atoms. The van der Waals surface area contributed by atoms with Crippen LogP contribution in [0, 0.1) is 13.8 Å². The number of nitrogens with zero attached hydrogens (tertiary/aromatic N) is 3. The number of aromatic nitrogens is 3. The van der Waals surface area contributed by atoms with Gasteiger partial charge in [0.1, 0.15) is 0 Å². The van der Waals surface area contributed by atoms with Crippen LogP contribution in [0.4, 0.5) is 11.4 Å². The van der Waals surface area contributed by atoms with Crippen LogP contribution in [0.15, 0.2) is 71.9 Å². The van der Waals surface area contributed by atoms with Crippen LogP contribution < -0.4 is 10.6 Å². The number of thioether (sulfide) groups is 1. The number of benzene rings is 3. The first kappa shape index (κ1) is 24.1. The van der Waals surface area contributed by atoms with Crippen molar-refractivity contribution in [2.45, 2.75) is 25.5 Å². The number of aryl methyl sites for hydroxylation is 2. The highest BCUT2D eigenvalue weighted by atomic mass is 35.5. The molecule has 1 aromatic heterocycles. The molecule has 0 unspecified atom stereocenters. The first-order valence-corrected chi connectivity index (χ1v) is 12.3. The molecular formula is C25H23Cl2N5OS. The third-order valence-electron chi connectivity index (χ3n) is 5.08. The summed E-state index contributed by atoms with van der Waals surface area (Å²) in [6.45, 7) is 4.43. The lowest BCUT2D eigenvalue weighted by Crippen LogP contribution is -2.15. The summed E-state index contributed by atoms with van der Waals surface area (Å²) in [4.78, 5) is 12.6. The zero-order valence-corrected chi connectivity index (χ0v) is 21.0. The van der Waals surface area contributed by atoms with Crippen LogP contribution in [0.1, 0.15) is 17.0 Å². The standard InChI is InChI=1S/C25H23Cl2N5OS/c1-16-3-8-19(9-4-16)28-14-23-30-31-25(32(23)21-11-6-18(26)7-12-21)34-15-24(33)29-20-10-5-17(2)22(27)13-20/h3-13,28H,14-15H2,1-2H3,(H,29,33). The normalized spacial score (nSPS) is 10.8. The molecule has 0 atom stereocenters. The van der Waals surface area contributed by atoms with Gasteiger partial charge in [0.2, 0.25) is 5.91 Å². The summed E-state index contributed by atoms with van der Waals surface area (Å²) in [5.74, 6) is 0.730. The Labute approximate surface area is 212 Å². The molecule has 1 amide bonds. The SMILES string of the molecule is Cc1ccc(NCc2nnc(SCC(=O)Nc3ccc(C)c(Cl)c3)n2-c2ccc(Cl)cc2)cc1. The quantitative estimate of drug-likeness (QED) is 0.263. The predicted octanol–water partition coefficient (Wildman–Crippen LogP) is 6.53. The zero-order valence-electron chi connectivity index (χ0n) is 18.7. The van der Waals surface area contributed by atoms with E-state index in [0.717, 1.165) is 22.8 Å². The van der Waals surface area contributed by atoms with Gasteiger partial charge in [0, 0.05) is 27.1 Å². The van der Waals surface area contributed by atoms with Gasteiger partial charge in [0.25, 0.3) is 0 Å². The maximum Gasteiger partial charge on any atom is 0.234 e. The number of hydrogen-bond donors (Lipinski definition) is 2. The van der Waals surface area contributed by atoms with E-state index < -0.39 is 0 Å². The third-order valence-corrected chi connectivity index (χ3v) is 6.66. The van der Waals surface area contributed by atoms with E-state index in [9.17, 15) is 4.79 Å². The zero-order chi connectivity index (χ0) is 24.1. The monoisotopic (exact) mass is 511 g/mol. The molecule has 0 aliphatic carbocycles. The van der Waals surface area contributed by atoms with E-state index in [1.807, 2.05) is 79.1 Å². The molecule has 174 valence electrons. The second-order valence-corrected chi connectivity index (χ2v) is 9.52. The van der Waals surface area contributed by atoms with Crippen molar-refractivity contribution < 1.29 is 4.79 Å². The van der Waals surface area contributed by atoms with Crippen molar-refractivity contribution in [2.75, 3.05) is 16.4 Å². The Morgan fingerprint density at radius 1 is 0.941 bits per heavy atom. The molecule has 6 nitrogen and oxygen atoms in total. The number of nitrogens with one attached hydrogen (secondary N) is 2. The van der Waals surface area contributed by atoms with Crippen LogP contribution in [0.5, 0.6) is 0 Å². The van der Waals surface area contributed by atoms with Gasteiger partial charge in [-0.25, -0.2) is 0 Å². The lowest BCUT2D eigenvalue weighted by Gasteiger charge is -2.12. The largest absolute Gasteiger partial charge is 0.378 e. The second kappa shape index (κ2) is 11.0. The molecule has 3 aromatic carbocycles. The van der Waals surface area contributed by atoms with Crippen molar-refractivity contribution in [3.05, 3.63) is 93.7 Å². The molecule has 4 aromatic rings. The van der Waals surface area contributed by atoms with Crippen LogP contribution in [0.25, 0.3) is 5.69 Å². The van der Waals surface area contributed by atoms with Crippen LogP contribution >= 0.6 is 35.0 Å². The van der Waals surface area contributed by atoms with Gasteiger partial charge < -0.3 is 10.6 Å². The fourth-order valence-electron chi connectivity index (χ4n) is 3.21. The summed E-state index contributed by atoms with van der Waals surface area (Å²) in [7, 11) is 0. The average molecular weight is 512 g/mol. The summed E-state index contributed by atoms with van der Waals surface area (Å²) in [5, 5.41) is 16.8. The second-order valence-electron chi connectivity index (χ2n) is 7.73. The lowest BCUT2D eigenvalue weighted by molar-refractivity contribution is -0.113. The Kier molecular flexibility index (Phi) is 7.77. The number of carbonyl (C=O) groups excluding carboxylic acids is 1. The Balaban J connectivity index is 1.50. The fourth-order valence-corrected chi connectivity index (χ4v) is 4.29. The highest BCUT2D eigenvalue weighted by Crippen LogP contribution is 2.25. The number of rotatable bonds is 8. The highest BCUT2D eigenvalue weighted by molar-refractivity contribution is 7.99. The number of carbonyl (C=O) groups is 1. The van der Waals surface area contributed by atoms with Gasteiger partial charge in [-0.1, -0.05) is 58.7 Å². The maximum absolute atomic E-state index is 12.6. The Morgan fingerprint density at radius 2 is 1.65 bits per heavy atom. The lowest BCUT2D eigenvalue weighted by atomic mass is 10.2. The van der Waals surface area contributed by atoms with Gasteiger partial charge in [-0.3, -0.25) is 9.36 Å². The van der Waals surface area contributed by atoms with Gasteiger partial charge in [-0.05, 0) is 67.9 Å². The maximum atomic E-state index is 12.6. The average Bonchev–Trinajstić information content (AvgIpc) is 3.23. The third kappa shape index (κ3) is 6.11. The molecular weight excluding hydrogens is 489 g/mol. The van der Waals surface area contributed by atoms with Gasteiger partial charge in [0.15, 0.2) is 11.0 Å². The summed E-state index contributed by atoms with van der Waals surface area (Å²) in [6.07, 6.45) is 0. The van der Waals surface area contributed by atoms with Gasteiger partial charge in [-0.2, -0.15) is 0 Å². The van der Waals surface area contributed by atoms with E-state index in [-0.39, 0.29) is 11.7 Å². The minimum atomic E-state index is -0.157. The number of hydrogen-bond acceptors (Lipinski definition) is 5. The molecule has 0 saturated carbocycles. The summed E-state index contributed by atoms with van der Waals surface area (Å²) >= 11 is 13.6. The first-order chi connectivity index (χ1) is 16.4. The molecule has 34 heavy (non-hydrogen) atoms. The van der Waals surface area contributed by atoms with E-state index in [0.29, 0.717) is 27.4 Å². The molecule has 0 radical (unpaired) electrons. The summed E-state index contributed by atoms with van der Waals surface area (Å²) < 4.78 is 1.93. The van der Waals surface area contributed by atoms with Gasteiger partial charge in [-0.15, -0.1) is 10.2 Å². The van der Waals surface area contributed by atoms with Crippen molar-refractivity contribution in [3.8, 4) is 5.69 Å². The number of anilines is 2. The minimum absolute atomic E-state index is 0.157. The number of halogens is 2. The predicted molar refractivity (Wildman–Crippen MR) is 140 cm³/mol. The molecule has 2 N–H and O–H groups in total. The molecule has 0 fully saturated rings. The van der Waals surface area contributed by atoms with Crippen molar-refractivity contribution in [2.24, 2.45) is 0 Å². The van der Waals surface area contributed by atoms with Crippen molar-refractivity contribution in [1.29, 1.82) is 0 Å². The molecule has 4 rings (SSSR count). The molecule has 9 heteroatoms. The van der Waals surface area contributed by atoms with E-state index in [4.69, 9.17) is 23.2 Å². The van der Waals surface area contributed by atoms with E-state index in [1.54, 1.807) is 6.07 Å². The topological polar surface area (TPSA) is 71.8 Å². The van der Waals surface area contributed by atoms with E-state index >= 15 is 0 Å². The van der Waals surface area contributed by atoms with Crippen molar-refractivity contribution in [3.63, 3.8) is 0 Å². The Hall–Kier alpha value is -3.00. The Bertz CT molecular complexity index is 1290. The molecule has 0 aliphatic rings. The fraction of sp³-hybridized carbons (Fsp3) is 0.160. The smallest absolute Gasteiger partial charge is 0.234 e. The van der Waals surface area contributed by atoms with Gasteiger partial charge in [0.05, 0.1) is 12.3 Å². The van der Waals surface area contributed by atoms with Crippen molar-refractivity contribution >= 4 is 52.2 Å². The van der Waals surface area contributed by atoms with Crippen LogP contribution in [-0.2, 0) is 11.3 Å². The first-order valence-electron chi connectivity index (χ1n) is 10.6. The number of amides is 1.